The van der Waals surface area contributed by atoms with E-state index in [0.29, 0.717) is 26.0 Å². The molecule has 0 aliphatic carbocycles. The summed E-state index contributed by atoms with van der Waals surface area (Å²) in [6, 6.07) is 3.77. The lowest BCUT2D eigenvalue weighted by Crippen LogP contribution is -2.23. The fourth-order valence-electron chi connectivity index (χ4n) is 2.77. The SMILES string of the molecule is Cc1ccc(CNC(=O)CCc2nn(C)c3c2COCC3)o1. The van der Waals surface area contributed by atoms with Crippen LogP contribution in [-0.4, -0.2) is 22.3 Å². The highest BCUT2D eigenvalue weighted by Crippen LogP contribution is 2.21. The maximum atomic E-state index is 12.0. The molecule has 0 spiro atoms. The Balaban J connectivity index is 1.53. The van der Waals surface area contributed by atoms with Gasteiger partial charge in [-0.1, -0.05) is 0 Å². The van der Waals surface area contributed by atoms with Gasteiger partial charge in [0.05, 0.1) is 25.5 Å². The first kappa shape index (κ1) is 14.8. The number of ether oxygens (including phenoxy) is 1. The van der Waals surface area contributed by atoms with E-state index in [0.717, 1.165) is 35.8 Å². The van der Waals surface area contributed by atoms with Crippen LogP contribution in [0.4, 0.5) is 0 Å². The van der Waals surface area contributed by atoms with Crippen LogP contribution < -0.4 is 5.32 Å². The lowest BCUT2D eigenvalue weighted by Gasteiger charge is -2.13. The van der Waals surface area contributed by atoms with Gasteiger partial charge in [0.1, 0.15) is 11.5 Å². The molecule has 1 N–H and O–H groups in total. The molecule has 6 heteroatoms. The number of aromatic nitrogens is 2. The standard InChI is InChI=1S/C16H21N3O3/c1-11-3-4-12(22-11)9-17-16(20)6-5-14-13-10-21-8-7-15(13)19(2)18-14/h3-4H,5-10H2,1-2H3,(H,17,20). The molecule has 0 unspecified atom stereocenters. The number of carbonyl (C=O) groups is 1. The Kier molecular flexibility index (Phi) is 4.29. The highest BCUT2D eigenvalue weighted by Gasteiger charge is 2.20. The van der Waals surface area contributed by atoms with Crippen molar-refractivity contribution in [3.8, 4) is 0 Å². The number of aryl methyl sites for hydroxylation is 3. The van der Waals surface area contributed by atoms with E-state index in [9.17, 15) is 4.79 Å². The summed E-state index contributed by atoms with van der Waals surface area (Å²) >= 11 is 0. The van der Waals surface area contributed by atoms with Crippen LogP contribution in [0.5, 0.6) is 0 Å². The molecule has 0 bridgehead atoms. The summed E-state index contributed by atoms with van der Waals surface area (Å²) in [5, 5.41) is 7.39. The van der Waals surface area contributed by atoms with Gasteiger partial charge in [-0.05, 0) is 19.1 Å². The van der Waals surface area contributed by atoms with Crippen LogP contribution >= 0.6 is 0 Å². The maximum Gasteiger partial charge on any atom is 0.220 e. The van der Waals surface area contributed by atoms with E-state index < -0.39 is 0 Å². The summed E-state index contributed by atoms with van der Waals surface area (Å²) in [4.78, 5) is 12.0. The van der Waals surface area contributed by atoms with Crippen LogP contribution in [0.15, 0.2) is 16.5 Å². The minimum atomic E-state index is 0.00480. The minimum Gasteiger partial charge on any atom is -0.465 e. The molecule has 2 aromatic rings. The monoisotopic (exact) mass is 303 g/mol. The molecule has 0 atom stereocenters. The molecule has 0 fully saturated rings. The van der Waals surface area contributed by atoms with E-state index >= 15 is 0 Å². The van der Waals surface area contributed by atoms with Gasteiger partial charge < -0.3 is 14.5 Å². The van der Waals surface area contributed by atoms with Gasteiger partial charge in [-0.2, -0.15) is 5.10 Å². The van der Waals surface area contributed by atoms with Crippen LogP contribution in [0.3, 0.4) is 0 Å². The quantitative estimate of drug-likeness (QED) is 0.912. The Morgan fingerprint density at radius 3 is 3.09 bits per heavy atom. The second kappa shape index (κ2) is 6.36. The van der Waals surface area contributed by atoms with Crippen molar-refractivity contribution in [1.82, 2.24) is 15.1 Å². The molecule has 6 nitrogen and oxygen atoms in total. The molecular formula is C16H21N3O3. The van der Waals surface area contributed by atoms with Gasteiger partial charge in [0.2, 0.25) is 5.91 Å². The number of rotatable bonds is 5. The third-order valence-corrected chi connectivity index (χ3v) is 3.93. The highest BCUT2D eigenvalue weighted by molar-refractivity contribution is 5.76. The number of hydrogen-bond acceptors (Lipinski definition) is 4. The number of nitrogens with one attached hydrogen (secondary N) is 1. The summed E-state index contributed by atoms with van der Waals surface area (Å²) in [6.45, 7) is 3.66. The molecule has 118 valence electrons. The second-order valence-corrected chi connectivity index (χ2v) is 5.59. The van der Waals surface area contributed by atoms with Crippen LogP contribution in [0.25, 0.3) is 0 Å². The molecule has 0 aromatic carbocycles. The largest absolute Gasteiger partial charge is 0.465 e. The van der Waals surface area contributed by atoms with Crippen LogP contribution in [0, 0.1) is 6.92 Å². The smallest absolute Gasteiger partial charge is 0.220 e. The number of hydrogen-bond donors (Lipinski definition) is 1. The average Bonchev–Trinajstić information content (AvgIpc) is 3.07. The summed E-state index contributed by atoms with van der Waals surface area (Å²) in [7, 11) is 1.95. The fraction of sp³-hybridized carbons (Fsp3) is 0.500. The van der Waals surface area contributed by atoms with E-state index in [2.05, 4.69) is 10.4 Å². The molecule has 3 heterocycles. The van der Waals surface area contributed by atoms with Crippen molar-refractivity contribution in [2.75, 3.05) is 6.61 Å². The number of furan rings is 1. The van der Waals surface area contributed by atoms with Gasteiger partial charge in [-0.3, -0.25) is 9.48 Å². The van der Waals surface area contributed by atoms with E-state index in [-0.39, 0.29) is 5.91 Å². The third kappa shape index (κ3) is 3.22. The lowest BCUT2D eigenvalue weighted by molar-refractivity contribution is -0.121. The summed E-state index contributed by atoms with van der Waals surface area (Å²) in [6.07, 6.45) is 1.95. The first-order chi connectivity index (χ1) is 10.6. The topological polar surface area (TPSA) is 69.3 Å². The predicted molar refractivity (Wildman–Crippen MR) is 80.2 cm³/mol. The molecular weight excluding hydrogens is 282 g/mol. The van der Waals surface area contributed by atoms with Crippen molar-refractivity contribution in [3.05, 3.63) is 40.6 Å². The molecule has 2 aromatic heterocycles. The van der Waals surface area contributed by atoms with E-state index in [1.54, 1.807) is 0 Å². The van der Waals surface area contributed by atoms with Crippen LogP contribution in [-0.2, 0) is 42.6 Å². The summed E-state index contributed by atoms with van der Waals surface area (Å²) in [5.41, 5.74) is 3.36. The van der Waals surface area contributed by atoms with Crippen LogP contribution in [0.2, 0.25) is 0 Å². The Labute approximate surface area is 129 Å². The number of nitrogens with zero attached hydrogens (tertiary/aromatic N) is 2. The van der Waals surface area contributed by atoms with E-state index in [1.807, 2.05) is 30.8 Å². The molecule has 3 rings (SSSR count). The zero-order chi connectivity index (χ0) is 15.5. The highest BCUT2D eigenvalue weighted by atomic mass is 16.5. The Bertz CT molecular complexity index is 672. The van der Waals surface area contributed by atoms with Gasteiger partial charge >= 0.3 is 0 Å². The van der Waals surface area contributed by atoms with Crippen LogP contribution in [0.1, 0.15) is 34.9 Å². The van der Waals surface area contributed by atoms with Crippen molar-refractivity contribution in [2.24, 2.45) is 7.05 Å². The molecule has 0 saturated carbocycles. The average molecular weight is 303 g/mol. The van der Waals surface area contributed by atoms with Crippen molar-refractivity contribution in [3.63, 3.8) is 0 Å². The van der Waals surface area contributed by atoms with Gasteiger partial charge in [-0.15, -0.1) is 0 Å². The van der Waals surface area contributed by atoms with Gasteiger partial charge in [0.25, 0.3) is 0 Å². The number of carbonyl (C=O) groups excluding carboxylic acids is 1. The summed E-state index contributed by atoms with van der Waals surface area (Å²) in [5.74, 6) is 1.63. The van der Waals surface area contributed by atoms with Crippen molar-refractivity contribution < 1.29 is 13.9 Å². The van der Waals surface area contributed by atoms with Gasteiger partial charge in [-0.25, -0.2) is 0 Å². The lowest BCUT2D eigenvalue weighted by atomic mass is 10.1. The van der Waals surface area contributed by atoms with Crippen molar-refractivity contribution >= 4 is 5.91 Å². The van der Waals surface area contributed by atoms with E-state index in [4.69, 9.17) is 9.15 Å². The normalized spacial score (nSPS) is 13.9. The predicted octanol–water partition coefficient (Wildman–Crippen LogP) is 1.64. The Morgan fingerprint density at radius 2 is 2.32 bits per heavy atom. The Morgan fingerprint density at radius 1 is 1.45 bits per heavy atom. The molecule has 1 aliphatic rings. The third-order valence-electron chi connectivity index (χ3n) is 3.93. The second-order valence-electron chi connectivity index (χ2n) is 5.59. The maximum absolute atomic E-state index is 12.0. The molecule has 0 saturated heterocycles. The zero-order valence-corrected chi connectivity index (χ0v) is 13.0. The summed E-state index contributed by atoms with van der Waals surface area (Å²) < 4.78 is 12.8. The molecule has 1 aliphatic heterocycles. The molecule has 0 radical (unpaired) electrons. The minimum absolute atomic E-state index is 0.00480. The van der Waals surface area contributed by atoms with Crippen molar-refractivity contribution in [1.29, 1.82) is 0 Å². The fourth-order valence-corrected chi connectivity index (χ4v) is 2.77. The van der Waals surface area contributed by atoms with E-state index in [1.165, 1.54) is 5.69 Å². The number of fused-ring (bicyclic) bond motifs is 1. The van der Waals surface area contributed by atoms with Gasteiger partial charge in [0.15, 0.2) is 0 Å². The number of amides is 1. The first-order valence-corrected chi connectivity index (χ1v) is 7.57. The van der Waals surface area contributed by atoms with Crippen molar-refractivity contribution in [2.45, 2.75) is 39.3 Å². The first-order valence-electron chi connectivity index (χ1n) is 7.57. The molecule has 22 heavy (non-hydrogen) atoms. The van der Waals surface area contributed by atoms with Gasteiger partial charge in [0, 0.05) is 37.6 Å². The Hall–Kier alpha value is -2.08. The zero-order valence-electron chi connectivity index (χ0n) is 13.0. The molecule has 1 amide bonds.